The van der Waals surface area contributed by atoms with Crippen molar-refractivity contribution in [1.82, 2.24) is 0 Å². The number of ether oxygens (including phenoxy) is 1. The lowest BCUT2D eigenvalue weighted by molar-refractivity contribution is 0.0398. The number of carbonyl (C=O) groups excluding carboxylic acids is 2. The van der Waals surface area contributed by atoms with Crippen LogP contribution in [0.5, 0.6) is 0 Å². The van der Waals surface area contributed by atoms with Crippen LogP contribution in [0.2, 0.25) is 40.2 Å². The minimum Gasteiger partial charge on any atom is -0.386 e. The van der Waals surface area contributed by atoms with Crippen LogP contribution in [0.25, 0.3) is 0 Å². The second kappa shape index (κ2) is 8.28. The molecule has 0 spiro atoms. The fraction of sp³-hybridized carbons (Fsp3) is 0. The lowest BCUT2D eigenvalue weighted by Gasteiger charge is -2.11. The van der Waals surface area contributed by atoms with Crippen LogP contribution in [0.3, 0.4) is 0 Å². The van der Waals surface area contributed by atoms with E-state index in [1.54, 1.807) is 0 Å². The van der Waals surface area contributed by atoms with Gasteiger partial charge in [0.05, 0.1) is 40.2 Å². The molecule has 0 bridgehead atoms. The van der Waals surface area contributed by atoms with E-state index >= 15 is 0 Å². The maximum absolute atomic E-state index is 12.3. The molecule has 0 saturated carbocycles. The first kappa shape index (κ1) is 21.2. The van der Waals surface area contributed by atoms with Crippen molar-refractivity contribution in [2.45, 2.75) is 0 Å². The van der Waals surface area contributed by atoms with Crippen LogP contribution in [0, 0.1) is 0 Å². The minimum atomic E-state index is -1.22. The van der Waals surface area contributed by atoms with E-state index in [9.17, 15) is 9.59 Å². The van der Waals surface area contributed by atoms with Gasteiger partial charge < -0.3 is 4.74 Å². The highest BCUT2D eigenvalue weighted by molar-refractivity contribution is 6.51. The number of esters is 2. The van der Waals surface area contributed by atoms with Gasteiger partial charge in [-0.15, -0.1) is 0 Å². The molecule has 0 atom stereocenters. The quantitative estimate of drug-likeness (QED) is 0.238. The molecule has 0 saturated heterocycles. The molecule has 0 aliphatic carbocycles. The third-order valence-electron chi connectivity index (χ3n) is 2.82. The van der Waals surface area contributed by atoms with Crippen LogP contribution in [0.15, 0.2) is 12.1 Å². The van der Waals surface area contributed by atoms with E-state index in [0.29, 0.717) is 0 Å². The number of halogens is 8. The molecule has 0 N–H and O–H groups in total. The van der Waals surface area contributed by atoms with Crippen LogP contribution in [0.1, 0.15) is 20.7 Å². The van der Waals surface area contributed by atoms with Gasteiger partial charge in [0.1, 0.15) is 11.1 Å². The summed E-state index contributed by atoms with van der Waals surface area (Å²) in [5, 5.41) is -1.19. The molecule has 132 valence electrons. The lowest BCUT2D eigenvalue weighted by Crippen LogP contribution is -2.15. The summed E-state index contributed by atoms with van der Waals surface area (Å²) in [5.74, 6) is -2.43. The molecule has 0 radical (unpaired) electrons. The Morgan fingerprint density at radius 1 is 0.560 bits per heavy atom. The highest BCUT2D eigenvalue weighted by Crippen LogP contribution is 2.39. The van der Waals surface area contributed by atoms with Gasteiger partial charge in [-0.05, 0) is 12.1 Å². The molecule has 0 unspecified atom stereocenters. The van der Waals surface area contributed by atoms with Crippen molar-refractivity contribution in [3.8, 4) is 0 Å². The molecular formula is C14H2Cl8O3. The van der Waals surface area contributed by atoms with Crippen molar-refractivity contribution in [2.24, 2.45) is 0 Å². The Balaban J connectivity index is 2.46. The van der Waals surface area contributed by atoms with Crippen molar-refractivity contribution in [2.75, 3.05) is 0 Å². The van der Waals surface area contributed by atoms with Crippen LogP contribution in [-0.4, -0.2) is 11.9 Å². The van der Waals surface area contributed by atoms with E-state index < -0.39 is 23.1 Å². The van der Waals surface area contributed by atoms with Crippen LogP contribution < -0.4 is 0 Å². The van der Waals surface area contributed by atoms with Crippen LogP contribution in [-0.2, 0) is 4.74 Å². The second-order valence-corrected chi connectivity index (χ2v) is 7.50. The molecule has 0 aliphatic heterocycles. The minimum absolute atomic E-state index is 0.0580. The smallest absolute Gasteiger partial charge is 0.349 e. The zero-order valence-electron chi connectivity index (χ0n) is 11.4. The molecule has 11 heteroatoms. The van der Waals surface area contributed by atoms with Crippen molar-refractivity contribution < 1.29 is 14.3 Å². The summed E-state index contributed by atoms with van der Waals surface area (Å²) in [6, 6.07) is 2.47. The van der Waals surface area contributed by atoms with E-state index in [4.69, 9.17) is 97.5 Å². The zero-order chi connectivity index (χ0) is 19.0. The monoisotopic (exact) mass is 498 g/mol. The molecule has 2 aromatic carbocycles. The maximum Gasteiger partial charge on any atom is 0.349 e. The normalized spacial score (nSPS) is 10.7. The third kappa shape index (κ3) is 4.26. The van der Waals surface area contributed by atoms with Gasteiger partial charge in [-0.25, -0.2) is 9.59 Å². The Hall–Kier alpha value is -0.100. The number of benzene rings is 2. The summed E-state index contributed by atoms with van der Waals surface area (Å²) in [5.41, 5.74) is -0.788. The largest absolute Gasteiger partial charge is 0.386 e. The van der Waals surface area contributed by atoms with Crippen molar-refractivity contribution in [3.63, 3.8) is 0 Å². The molecule has 0 amide bonds. The zero-order valence-corrected chi connectivity index (χ0v) is 17.5. The van der Waals surface area contributed by atoms with Crippen LogP contribution >= 0.6 is 92.8 Å². The fourth-order valence-corrected chi connectivity index (χ4v) is 3.62. The molecular weight excluding hydrogens is 500 g/mol. The molecule has 0 fully saturated rings. The number of carbonyl (C=O) groups is 2. The summed E-state index contributed by atoms with van der Waals surface area (Å²) < 4.78 is 4.72. The van der Waals surface area contributed by atoms with Gasteiger partial charge in [0.15, 0.2) is 0 Å². The number of rotatable bonds is 2. The topological polar surface area (TPSA) is 43.4 Å². The predicted octanol–water partition coefficient (Wildman–Crippen LogP) is 7.91. The Morgan fingerprint density at radius 3 is 1.04 bits per heavy atom. The van der Waals surface area contributed by atoms with E-state index in [2.05, 4.69) is 0 Å². The summed E-state index contributed by atoms with van der Waals surface area (Å²) >= 11 is 47.0. The van der Waals surface area contributed by atoms with Crippen LogP contribution in [0.4, 0.5) is 0 Å². The average molecular weight is 502 g/mol. The van der Waals surface area contributed by atoms with E-state index in [-0.39, 0.29) is 40.2 Å². The highest BCUT2D eigenvalue weighted by Gasteiger charge is 2.28. The summed E-state index contributed by atoms with van der Waals surface area (Å²) in [7, 11) is 0. The Kier molecular flexibility index (Phi) is 7.02. The van der Waals surface area contributed by atoms with Gasteiger partial charge in [0.25, 0.3) is 0 Å². The first-order chi connectivity index (χ1) is 11.6. The Morgan fingerprint density at radius 2 is 0.800 bits per heavy atom. The van der Waals surface area contributed by atoms with Crippen molar-refractivity contribution in [3.05, 3.63) is 63.4 Å². The molecule has 0 aromatic heterocycles. The number of hydrogen-bond donors (Lipinski definition) is 0. The summed E-state index contributed by atoms with van der Waals surface area (Å²) in [4.78, 5) is 24.6. The molecule has 2 rings (SSSR count). The number of hydrogen-bond acceptors (Lipinski definition) is 3. The third-order valence-corrected chi connectivity index (χ3v) is 5.97. The van der Waals surface area contributed by atoms with E-state index in [1.807, 2.05) is 0 Å². The van der Waals surface area contributed by atoms with Crippen molar-refractivity contribution in [1.29, 1.82) is 0 Å². The molecule has 0 heterocycles. The predicted molar refractivity (Wildman–Crippen MR) is 103 cm³/mol. The van der Waals surface area contributed by atoms with Gasteiger partial charge >= 0.3 is 11.9 Å². The summed E-state index contributed by atoms with van der Waals surface area (Å²) in [6.07, 6.45) is 0. The van der Waals surface area contributed by atoms with Gasteiger partial charge in [0, 0.05) is 0 Å². The highest BCUT2D eigenvalue weighted by atomic mass is 35.5. The van der Waals surface area contributed by atoms with E-state index in [1.165, 1.54) is 12.1 Å². The average Bonchev–Trinajstić information content (AvgIpc) is 2.51. The SMILES string of the molecule is O=C(OC(=O)c1c(Cl)c(Cl)cc(Cl)c1Cl)c1c(Cl)c(Cl)cc(Cl)c1Cl. The first-order valence-electron chi connectivity index (χ1n) is 5.98. The standard InChI is InChI=1S/C14H2Cl8O3/c15-3-1-4(16)10(20)7(9(3)19)13(23)25-14(24)8-11(21)5(17)2-6(18)12(8)22/h1-2H. The van der Waals surface area contributed by atoms with Gasteiger partial charge in [-0.2, -0.15) is 0 Å². The molecule has 0 aliphatic rings. The van der Waals surface area contributed by atoms with Gasteiger partial charge in [-0.3, -0.25) is 0 Å². The second-order valence-electron chi connectivity index (χ2n) is 4.36. The van der Waals surface area contributed by atoms with Gasteiger partial charge in [-0.1, -0.05) is 92.8 Å². The molecule has 25 heavy (non-hydrogen) atoms. The van der Waals surface area contributed by atoms with E-state index in [0.717, 1.165) is 0 Å². The summed E-state index contributed by atoms with van der Waals surface area (Å²) in [6.45, 7) is 0. The first-order valence-corrected chi connectivity index (χ1v) is 9.01. The fourth-order valence-electron chi connectivity index (χ4n) is 1.69. The molecule has 3 nitrogen and oxygen atoms in total. The molecule has 2 aromatic rings. The Bertz CT molecular complexity index is 784. The van der Waals surface area contributed by atoms with Crippen molar-refractivity contribution >= 4 is 105 Å². The Labute approximate surface area is 181 Å². The van der Waals surface area contributed by atoms with Gasteiger partial charge in [0.2, 0.25) is 0 Å². The lowest BCUT2D eigenvalue weighted by atomic mass is 10.2. The maximum atomic E-state index is 12.3.